The summed E-state index contributed by atoms with van der Waals surface area (Å²) in [6, 6.07) is 5.05. The lowest BCUT2D eigenvalue weighted by Crippen LogP contribution is -2.43. The molecular weight excluding hydrogens is 419 g/mol. The number of rotatable bonds is 6. The van der Waals surface area contributed by atoms with Crippen LogP contribution < -0.4 is 15.7 Å². The van der Waals surface area contributed by atoms with Gasteiger partial charge in [0.05, 0.1) is 14.2 Å². The molecule has 0 fully saturated rings. The first-order valence-electron chi connectivity index (χ1n) is 8.87. The van der Waals surface area contributed by atoms with Crippen LogP contribution in [0.25, 0.3) is 11.0 Å². The summed E-state index contributed by atoms with van der Waals surface area (Å²) in [6.07, 6.45) is -0.253. The summed E-state index contributed by atoms with van der Waals surface area (Å²) in [6.45, 7) is 0. The molecular formula is C21H16F3NO6. The van der Waals surface area contributed by atoms with Gasteiger partial charge in [-0.1, -0.05) is 0 Å². The number of halogens is 3. The highest BCUT2D eigenvalue weighted by atomic mass is 19.1. The van der Waals surface area contributed by atoms with Gasteiger partial charge in [0.1, 0.15) is 40.4 Å². The van der Waals surface area contributed by atoms with Crippen molar-refractivity contribution in [2.45, 2.75) is 12.5 Å². The molecule has 1 atom stereocenters. The number of hydrogen-bond acceptors (Lipinski definition) is 6. The van der Waals surface area contributed by atoms with Gasteiger partial charge >= 0.3 is 11.6 Å². The molecule has 0 unspecified atom stereocenters. The van der Waals surface area contributed by atoms with Gasteiger partial charge in [-0.15, -0.1) is 0 Å². The van der Waals surface area contributed by atoms with E-state index < -0.39 is 46.6 Å². The molecule has 162 valence electrons. The molecule has 31 heavy (non-hydrogen) atoms. The minimum atomic E-state index is -1.43. The number of carbonyl (C=O) groups is 2. The maximum Gasteiger partial charge on any atom is 0.336 e. The highest BCUT2D eigenvalue weighted by Gasteiger charge is 2.27. The van der Waals surface area contributed by atoms with Gasteiger partial charge in [0.15, 0.2) is 0 Å². The van der Waals surface area contributed by atoms with Crippen LogP contribution in [0.3, 0.4) is 0 Å². The van der Waals surface area contributed by atoms with Gasteiger partial charge in [-0.2, -0.15) is 0 Å². The number of hydrogen-bond donors (Lipinski definition) is 1. The summed E-state index contributed by atoms with van der Waals surface area (Å²) in [7, 11) is 2.49. The van der Waals surface area contributed by atoms with E-state index in [4.69, 9.17) is 9.15 Å². The number of fused-ring (bicyclic) bond motifs is 1. The zero-order chi connectivity index (χ0) is 22.7. The smallest absolute Gasteiger partial charge is 0.336 e. The van der Waals surface area contributed by atoms with Crippen molar-refractivity contribution in [3.63, 3.8) is 0 Å². The second-order valence-electron chi connectivity index (χ2n) is 6.45. The molecule has 0 radical (unpaired) electrons. The summed E-state index contributed by atoms with van der Waals surface area (Å²) < 4.78 is 55.8. The second-order valence-corrected chi connectivity index (χ2v) is 6.45. The van der Waals surface area contributed by atoms with Crippen molar-refractivity contribution in [1.82, 2.24) is 5.32 Å². The Labute approximate surface area is 173 Å². The number of amides is 1. The summed E-state index contributed by atoms with van der Waals surface area (Å²) in [4.78, 5) is 36.6. The molecule has 1 amide bonds. The number of benzene rings is 2. The SMILES string of the molecule is COC(=O)[C@H](Cc1cc(=O)oc2cc(OC)ccc12)NC(=O)c1c(F)cc(F)cc1F. The first-order valence-corrected chi connectivity index (χ1v) is 8.87. The van der Waals surface area contributed by atoms with Crippen molar-refractivity contribution in [2.24, 2.45) is 0 Å². The molecule has 3 aromatic rings. The van der Waals surface area contributed by atoms with Crippen LogP contribution in [0.1, 0.15) is 15.9 Å². The molecule has 0 aliphatic carbocycles. The van der Waals surface area contributed by atoms with Gasteiger partial charge in [0, 0.05) is 36.1 Å². The Balaban J connectivity index is 1.97. The van der Waals surface area contributed by atoms with Crippen LogP contribution in [0.15, 0.2) is 45.6 Å². The maximum atomic E-state index is 13.9. The van der Waals surface area contributed by atoms with E-state index in [1.165, 1.54) is 13.2 Å². The molecule has 0 bridgehead atoms. The minimum absolute atomic E-state index is 0.174. The first-order chi connectivity index (χ1) is 14.7. The molecule has 1 heterocycles. The molecule has 0 spiro atoms. The average molecular weight is 435 g/mol. The molecule has 1 N–H and O–H groups in total. The van der Waals surface area contributed by atoms with Crippen LogP contribution in [-0.2, 0) is 16.0 Å². The third-order valence-corrected chi connectivity index (χ3v) is 4.49. The van der Waals surface area contributed by atoms with Gasteiger partial charge in [-0.3, -0.25) is 4.79 Å². The van der Waals surface area contributed by atoms with E-state index in [9.17, 15) is 27.6 Å². The fraction of sp³-hybridized carbons (Fsp3) is 0.190. The van der Waals surface area contributed by atoms with Crippen LogP contribution in [0, 0.1) is 17.5 Å². The molecule has 7 nitrogen and oxygen atoms in total. The summed E-state index contributed by atoms with van der Waals surface area (Å²) in [5, 5.41) is 2.61. The van der Waals surface area contributed by atoms with Crippen molar-refractivity contribution in [2.75, 3.05) is 14.2 Å². The van der Waals surface area contributed by atoms with Gasteiger partial charge in [0.2, 0.25) is 0 Å². The molecule has 0 aliphatic heterocycles. The summed E-state index contributed by atoms with van der Waals surface area (Å²) in [5.41, 5.74) is -1.30. The van der Waals surface area contributed by atoms with Crippen molar-refractivity contribution in [3.8, 4) is 5.75 Å². The average Bonchev–Trinajstić information content (AvgIpc) is 2.71. The highest BCUT2D eigenvalue weighted by molar-refractivity contribution is 5.97. The molecule has 10 heteroatoms. The van der Waals surface area contributed by atoms with Crippen molar-refractivity contribution in [3.05, 3.63) is 75.4 Å². The van der Waals surface area contributed by atoms with Crippen molar-refractivity contribution < 1.29 is 36.7 Å². The van der Waals surface area contributed by atoms with Crippen LogP contribution in [0.2, 0.25) is 0 Å². The predicted octanol–water partition coefficient (Wildman–Crippen LogP) is 2.73. The zero-order valence-electron chi connectivity index (χ0n) is 16.3. The predicted molar refractivity (Wildman–Crippen MR) is 102 cm³/mol. The lowest BCUT2D eigenvalue weighted by Gasteiger charge is -2.18. The molecule has 2 aromatic carbocycles. The Morgan fingerprint density at radius 3 is 2.35 bits per heavy atom. The Bertz CT molecular complexity index is 1200. The normalized spacial score (nSPS) is 11.8. The van der Waals surface area contributed by atoms with E-state index in [1.807, 2.05) is 0 Å². The number of esters is 1. The standard InChI is InChI=1S/C21H16F3NO6/c1-29-12-3-4-13-10(6-18(26)31-17(13)9-12)5-16(21(28)30-2)25-20(27)19-14(23)7-11(22)8-15(19)24/h3-4,6-9,16H,5H2,1-2H3,(H,25,27)/t16-/m0/s1. The molecule has 0 saturated heterocycles. The van der Waals surface area contributed by atoms with Crippen LogP contribution in [0.5, 0.6) is 5.75 Å². The van der Waals surface area contributed by atoms with Crippen LogP contribution in [-0.4, -0.2) is 32.1 Å². The highest BCUT2D eigenvalue weighted by Crippen LogP contribution is 2.24. The third-order valence-electron chi connectivity index (χ3n) is 4.49. The fourth-order valence-corrected chi connectivity index (χ4v) is 3.05. The number of methoxy groups -OCH3 is 2. The van der Waals surface area contributed by atoms with Crippen LogP contribution >= 0.6 is 0 Å². The summed E-state index contributed by atoms with van der Waals surface area (Å²) in [5.74, 6) is -5.86. The molecule has 3 rings (SSSR count). The molecule has 0 saturated carbocycles. The van der Waals surface area contributed by atoms with Gasteiger partial charge in [0.25, 0.3) is 5.91 Å². The number of ether oxygens (including phenoxy) is 2. The number of nitrogens with one attached hydrogen (secondary N) is 1. The lowest BCUT2D eigenvalue weighted by molar-refractivity contribution is -0.142. The van der Waals surface area contributed by atoms with Gasteiger partial charge in [-0.25, -0.2) is 22.8 Å². The topological polar surface area (TPSA) is 94.8 Å². The quantitative estimate of drug-likeness (QED) is 0.473. The van der Waals surface area contributed by atoms with Crippen LogP contribution in [0.4, 0.5) is 13.2 Å². The minimum Gasteiger partial charge on any atom is -0.497 e. The van der Waals surface area contributed by atoms with E-state index in [2.05, 4.69) is 10.1 Å². The van der Waals surface area contributed by atoms with Crippen molar-refractivity contribution >= 4 is 22.8 Å². The van der Waals surface area contributed by atoms with Gasteiger partial charge in [-0.05, 0) is 17.7 Å². The maximum absolute atomic E-state index is 13.9. The number of carbonyl (C=O) groups excluding carboxylic acids is 2. The largest absolute Gasteiger partial charge is 0.497 e. The monoisotopic (exact) mass is 435 g/mol. The third kappa shape index (κ3) is 4.68. The van der Waals surface area contributed by atoms with Crippen molar-refractivity contribution in [1.29, 1.82) is 0 Å². The molecule has 0 aliphatic rings. The first kappa shape index (κ1) is 21.9. The Hall–Kier alpha value is -3.82. The van der Waals surface area contributed by atoms with E-state index >= 15 is 0 Å². The molecule has 1 aromatic heterocycles. The van der Waals surface area contributed by atoms with E-state index in [-0.39, 0.29) is 12.0 Å². The lowest BCUT2D eigenvalue weighted by atomic mass is 10.0. The second kappa shape index (κ2) is 8.90. The Morgan fingerprint density at radius 1 is 1.06 bits per heavy atom. The van der Waals surface area contributed by atoms with Gasteiger partial charge < -0.3 is 19.2 Å². The Kier molecular flexibility index (Phi) is 6.28. The Morgan fingerprint density at radius 2 is 1.74 bits per heavy atom. The van der Waals surface area contributed by atoms with E-state index in [0.29, 0.717) is 28.8 Å². The fourth-order valence-electron chi connectivity index (χ4n) is 3.05. The summed E-state index contributed by atoms with van der Waals surface area (Å²) >= 11 is 0. The van der Waals surface area contributed by atoms with E-state index in [0.717, 1.165) is 13.2 Å². The zero-order valence-corrected chi connectivity index (χ0v) is 16.3. The van der Waals surface area contributed by atoms with E-state index in [1.54, 1.807) is 12.1 Å².